The van der Waals surface area contributed by atoms with Crippen molar-refractivity contribution in [3.8, 4) is 5.75 Å². The molecule has 12 heteroatoms. The van der Waals surface area contributed by atoms with Crippen molar-refractivity contribution in [1.29, 1.82) is 0 Å². The highest BCUT2D eigenvalue weighted by atomic mass is 79.9. The van der Waals surface area contributed by atoms with Gasteiger partial charge in [-0.1, -0.05) is 41.4 Å². The lowest BCUT2D eigenvalue weighted by molar-refractivity contribution is -0.124. The van der Waals surface area contributed by atoms with Gasteiger partial charge in [-0.05, 0) is 70.4 Å². The molecule has 2 aromatic carbocycles. The zero-order chi connectivity index (χ0) is 30.4. The van der Waals surface area contributed by atoms with Gasteiger partial charge in [0.05, 0.1) is 17.3 Å². The third-order valence-electron chi connectivity index (χ3n) is 6.24. The maximum absolute atomic E-state index is 12.4. The van der Waals surface area contributed by atoms with E-state index in [-0.39, 0.29) is 31.5 Å². The summed E-state index contributed by atoms with van der Waals surface area (Å²) in [5.74, 6) is -0.361. The van der Waals surface area contributed by atoms with Gasteiger partial charge >= 0.3 is 0 Å². The van der Waals surface area contributed by atoms with E-state index in [1.165, 1.54) is 11.0 Å². The maximum atomic E-state index is 12.4. The normalized spacial score (nSPS) is 11.1. The second kappa shape index (κ2) is 13.9. The van der Waals surface area contributed by atoms with Gasteiger partial charge in [-0.3, -0.25) is 18.8 Å². The van der Waals surface area contributed by atoms with E-state index in [2.05, 4.69) is 31.5 Å². The molecule has 0 saturated carbocycles. The lowest BCUT2D eigenvalue weighted by Gasteiger charge is -2.14. The molecule has 0 aliphatic rings. The van der Waals surface area contributed by atoms with E-state index in [1.54, 1.807) is 56.6 Å². The van der Waals surface area contributed by atoms with Gasteiger partial charge in [0.25, 0.3) is 5.91 Å². The Bertz CT molecular complexity index is 1670. The van der Waals surface area contributed by atoms with Crippen LogP contribution >= 0.6 is 39.1 Å². The SMILES string of the molecule is Cc1nc2c(OCc3c(Cl)ccc(CNC(=O)CNC(=O)C=Cc4ccc(C(=O)N(C)C)cc4)c3Cl)cccn2c1Br. The summed E-state index contributed by atoms with van der Waals surface area (Å²) in [6.07, 6.45) is 4.80. The van der Waals surface area contributed by atoms with Gasteiger partial charge in [-0.2, -0.15) is 0 Å². The highest BCUT2D eigenvalue weighted by molar-refractivity contribution is 9.10. The topological polar surface area (TPSA) is 105 Å². The van der Waals surface area contributed by atoms with E-state index in [0.717, 1.165) is 15.9 Å². The van der Waals surface area contributed by atoms with Gasteiger partial charge in [0, 0.05) is 49.1 Å². The van der Waals surface area contributed by atoms with E-state index < -0.39 is 5.91 Å². The maximum Gasteiger partial charge on any atom is 0.253 e. The number of benzene rings is 2. The predicted octanol–water partition coefficient (Wildman–Crippen LogP) is 5.44. The molecule has 0 bridgehead atoms. The van der Waals surface area contributed by atoms with Crippen LogP contribution in [-0.2, 0) is 22.7 Å². The number of amides is 3. The van der Waals surface area contributed by atoms with Crippen LogP contribution in [0.2, 0.25) is 10.0 Å². The monoisotopic (exact) mass is 671 g/mol. The highest BCUT2D eigenvalue weighted by Gasteiger charge is 2.15. The molecule has 0 aliphatic heterocycles. The van der Waals surface area contributed by atoms with E-state index in [9.17, 15) is 14.4 Å². The van der Waals surface area contributed by atoms with Crippen LogP contribution in [0.5, 0.6) is 5.75 Å². The number of nitrogens with zero attached hydrogens (tertiary/aromatic N) is 3. The van der Waals surface area contributed by atoms with Gasteiger partial charge in [-0.25, -0.2) is 4.98 Å². The first kappa shape index (κ1) is 31.1. The predicted molar refractivity (Wildman–Crippen MR) is 167 cm³/mol. The molecule has 2 aromatic heterocycles. The third-order valence-corrected chi connectivity index (χ3v) is 8.02. The van der Waals surface area contributed by atoms with Gasteiger partial charge in [-0.15, -0.1) is 0 Å². The van der Waals surface area contributed by atoms with Gasteiger partial charge in [0.15, 0.2) is 11.4 Å². The molecular formula is C30H28BrCl2N5O4. The molecule has 0 saturated heterocycles. The standard InChI is InChI=1S/C30H28BrCl2N5O4/c1-18-28(31)38-14-4-5-24(29(38)36-18)42-17-22-23(32)12-11-21(27(22)33)15-34-26(40)16-35-25(39)13-8-19-6-9-20(10-7-19)30(41)37(2)3/h4-14H,15-17H2,1-3H3,(H,34,40)(H,35,39). The molecule has 0 atom stereocenters. The molecule has 0 spiro atoms. The van der Waals surface area contributed by atoms with Gasteiger partial charge in [0.1, 0.15) is 11.2 Å². The molecular weight excluding hydrogens is 645 g/mol. The minimum Gasteiger partial charge on any atom is -0.485 e. The number of rotatable bonds is 10. The molecule has 0 fully saturated rings. The average molecular weight is 673 g/mol. The quantitative estimate of drug-likeness (QED) is 0.219. The fraction of sp³-hybridized carbons (Fsp3) is 0.200. The number of ether oxygens (including phenoxy) is 1. The molecule has 42 heavy (non-hydrogen) atoms. The molecule has 4 rings (SSSR count). The van der Waals surface area contributed by atoms with Crippen molar-refractivity contribution >= 4 is 68.6 Å². The lowest BCUT2D eigenvalue weighted by Crippen LogP contribution is -2.35. The summed E-state index contributed by atoms with van der Waals surface area (Å²) in [5, 5.41) is 6.10. The molecule has 0 unspecified atom stereocenters. The Hall–Kier alpha value is -3.86. The Morgan fingerprint density at radius 2 is 1.81 bits per heavy atom. The zero-order valence-electron chi connectivity index (χ0n) is 23.1. The van der Waals surface area contributed by atoms with Crippen LogP contribution < -0.4 is 15.4 Å². The smallest absolute Gasteiger partial charge is 0.253 e. The van der Waals surface area contributed by atoms with E-state index in [0.29, 0.717) is 38.1 Å². The van der Waals surface area contributed by atoms with Crippen molar-refractivity contribution in [2.45, 2.75) is 20.1 Å². The molecule has 4 aromatic rings. The summed E-state index contributed by atoms with van der Waals surface area (Å²) in [4.78, 5) is 42.6. The Morgan fingerprint density at radius 3 is 2.52 bits per heavy atom. The van der Waals surface area contributed by atoms with Crippen molar-refractivity contribution in [2.24, 2.45) is 0 Å². The Kier molecular flexibility index (Phi) is 10.3. The van der Waals surface area contributed by atoms with E-state index in [1.807, 2.05) is 29.7 Å². The molecule has 2 heterocycles. The summed E-state index contributed by atoms with van der Waals surface area (Å²) in [7, 11) is 3.36. The first-order valence-electron chi connectivity index (χ1n) is 12.8. The Morgan fingerprint density at radius 1 is 1.07 bits per heavy atom. The number of carbonyl (C=O) groups is 3. The zero-order valence-corrected chi connectivity index (χ0v) is 26.2. The van der Waals surface area contributed by atoms with Crippen LogP contribution in [0.15, 0.2) is 65.4 Å². The fourth-order valence-corrected chi connectivity index (χ4v) is 4.88. The second-order valence-electron chi connectivity index (χ2n) is 9.49. The number of nitrogens with one attached hydrogen (secondary N) is 2. The first-order chi connectivity index (χ1) is 20.0. The first-order valence-corrected chi connectivity index (χ1v) is 14.4. The lowest BCUT2D eigenvalue weighted by atomic mass is 10.1. The van der Waals surface area contributed by atoms with Crippen LogP contribution in [-0.4, -0.2) is 52.6 Å². The number of imidazole rings is 1. The minimum atomic E-state index is -0.433. The number of carbonyl (C=O) groups excluding carboxylic acids is 3. The van der Waals surface area contributed by atoms with E-state index >= 15 is 0 Å². The fourth-order valence-electron chi connectivity index (χ4n) is 3.95. The van der Waals surface area contributed by atoms with Gasteiger partial charge in [0.2, 0.25) is 11.8 Å². The molecule has 0 aliphatic carbocycles. The number of hydrogen-bond acceptors (Lipinski definition) is 5. The molecule has 3 amide bonds. The number of fused-ring (bicyclic) bond motifs is 1. The largest absolute Gasteiger partial charge is 0.485 e. The number of aromatic nitrogens is 2. The number of aryl methyl sites for hydroxylation is 1. The van der Waals surface area contributed by atoms with Crippen LogP contribution in [0.1, 0.15) is 32.7 Å². The highest BCUT2D eigenvalue weighted by Crippen LogP contribution is 2.31. The van der Waals surface area contributed by atoms with Crippen molar-refractivity contribution in [3.05, 3.63) is 103 Å². The van der Waals surface area contributed by atoms with Crippen LogP contribution in [0.3, 0.4) is 0 Å². The summed E-state index contributed by atoms with van der Waals surface area (Å²) in [6.45, 7) is 1.91. The number of hydrogen-bond donors (Lipinski definition) is 2. The van der Waals surface area contributed by atoms with Crippen molar-refractivity contribution in [3.63, 3.8) is 0 Å². The molecule has 9 nitrogen and oxygen atoms in total. The van der Waals surface area contributed by atoms with Crippen LogP contribution in [0.4, 0.5) is 0 Å². The molecule has 0 radical (unpaired) electrons. The number of pyridine rings is 1. The van der Waals surface area contributed by atoms with Crippen LogP contribution in [0, 0.1) is 6.92 Å². The van der Waals surface area contributed by atoms with Gasteiger partial charge < -0.3 is 20.3 Å². The Balaban J connectivity index is 1.29. The summed E-state index contributed by atoms with van der Waals surface area (Å²) < 4.78 is 8.75. The van der Waals surface area contributed by atoms with Crippen molar-refractivity contribution in [2.75, 3.05) is 20.6 Å². The van der Waals surface area contributed by atoms with Crippen molar-refractivity contribution < 1.29 is 19.1 Å². The minimum absolute atomic E-state index is 0.0970. The molecule has 218 valence electrons. The summed E-state index contributed by atoms with van der Waals surface area (Å²) >= 11 is 16.6. The number of halogens is 3. The Labute approximate surface area is 261 Å². The summed E-state index contributed by atoms with van der Waals surface area (Å²) in [5.41, 5.74) is 4.00. The second-order valence-corrected chi connectivity index (χ2v) is 11.0. The average Bonchev–Trinajstić information content (AvgIpc) is 3.27. The molecule has 2 N–H and O–H groups in total. The third kappa shape index (κ3) is 7.50. The summed E-state index contributed by atoms with van der Waals surface area (Å²) in [6, 6.07) is 13.9. The van der Waals surface area contributed by atoms with Crippen LogP contribution in [0.25, 0.3) is 11.7 Å². The van der Waals surface area contributed by atoms with Crippen molar-refractivity contribution in [1.82, 2.24) is 24.9 Å². The van der Waals surface area contributed by atoms with E-state index in [4.69, 9.17) is 27.9 Å².